The molecule has 0 spiro atoms. The average Bonchev–Trinajstić information content (AvgIpc) is 2.63. The third kappa shape index (κ3) is 4.00. The summed E-state index contributed by atoms with van der Waals surface area (Å²) in [6.45, 7) is 9.47. The van der Waals surface area contributed by atoms with Crippen molar-refractivity contribution in [3.05, 3.63) is 38.7 Å². The van der Waals surface area contributed by atoms with Gasteiger partial charge in [-0.2, -0.15) is 9.97 Å². The summed E-state index contributed by atoms with van der Waals surface area (Å²) in [5, 5.41) is 17.6. The Balaban J connectivity index is 2.22. The maximum Gasteiger partial charge on any atom is 0.271 e. The van der Waals surface area contributed by atoms with Gasteiger partial charge in [0.1, 0.15) is 0 Å². The molecule has 0 radical (unpaired) electrons. The van der Waals surface area contributed by atoms with Gasteiger partial charge in [-0.3, -0.25) is 14.9 Å². The Morgan fingerprint density at radius 2 is 1.75 bits per heavy atom. The van der Waals surface area contributed by atoms with E-state index in [1.54, 1.807) is 0 Å². The van der Waals surface area contributed by atoms with Crippen LogP contribution in [0.15, 0.2) is 23.0 Å². The Morgan fingerprint density at radius 1 is 1.07 bits per heavy atom. The van der Waals surface area contributed by atoms with E-state index in [1.165, 1.54) is 22.6 Å². The fourth-order valence-corrected chi connectivity index (χ4v) is 2.60. The second kappa shape index (κ2) is 7.75. The van der Waals surface area contributed by atoms with Gasteiger partial charge >= 0.3 is 0 Å². The lowest BCUT2D eigenvalue weighted by Crippen LogP contribution is -2.24. The maximum absolute atomic E-state index is 13.0. The molecule has 0 saturated heterocycles. The molecule has 0 bridgehead atoms. The molecule has 0 atom stereocenters. The van der Waals surface area contributed by atoms with E-state index in [9.17, 15) is 14.9 Å². The highest BCUT2D eigenvalue weighted by atomic mass is 16.6. The molecular weight excluding hydrogens is 362 g/mol. The minimum absolute atomic E-state index is 0.130. The number of rotatable bonds is 7. The number of anilines is 2. The molecule has 0 aliphatic heterocycles. The fourth-order valence-electron chi connectivity index (χ4n) is 2.60. The average molecular weight is 385 g/mol. The molecule has 0 amide bonds. The zero-order chi connectivity index (χ0) is 20.4. The lowest BCUT2D eigenvalue weighted by atomic mass is 10.2. The van der Waals surface area contributed by atoms with Crippen molar-refractivity contribution in [2.45, 2.75) is 27.7 Å². The molecule has 28 heavy (non-hydrogen) atoms. The Bertz CT molecular complexity index is 1090. The van der Waals surface area contributed by atoms with Crippen LogP contribution in [0.1, 0.15) is 27.7 Å². The summed E-state index contributed by atoms with van der Waals surface area (Å²) in [6.07, 6.45) is 0. The monoisotopic (exact) mass is 385 g/mol. The minimum atomic E-state index is -0.520. The van der Waals surface area contributed by atoms with Gasteiger partial charge in [-0.15, -0.1) is 0 Å². The van der Waals surface area contributed by atoms with Gasteiger partial charge in [-0.25, -0.2) is 9.38 Å². The minimum Gasteiger partial charge on any atom is -0.355 e. The first-order valence-electron chi connectivity index (χ1n) is 9.13. The summed E-state index contributed by atoms with van der Waals surface area (Å²) in [5.41, 5.74) is -0.284. The molecular formula is C18H23N7O3. The summed E-state index contributed by atoms with van der Waals surface area (Å²) in [4.78, 5) is 36.7. The first-order chi connectivity index (χ1) is 13.3. The second-order valence-corrected chi connectivity index (χ2v) is 7.43. The van der Waals surface area contributed by atoms with Crippen LogP contribution in [0.5, 0.6) is 0 Å². The molecule has 0 aliphatic rings. The Labute approximate surface area is 161 Å². The van der Waals surface area contributed by atoms with E-state index in [-0.39, 0.29) is 27.9 Å². The van der Waals surface area contributed by atoms with Crippen molar-refractivity contribution in [3.63, 3.8) is 0 Å². The number of aromatic nitrogens is 4. The molecule has 0 unspecified atom stereocenters. The van der Waals surface area contributed by atoms with Gasteiger partial charge in [0.15, 0.2) is 0 Å². The Hall–Kier alpha value is -3.30. The van der Waals surface area contributed by atoms with E-state index in [4.69, 9.17) is 0 Å². The predicted octanol–water partition coefficient (Wildman–Crippen LogP) is 2.68. The van der Waals surface area contributed by atoms with E-state index in [2.05, 4.69) is 39.4 Å². The Kier molecular flexibility index (Phi) is 5.39. The molecule has 0 fully saturated rings. The van der Waals surface area contributed by atoms with Crippen LogP contribution < -0.4 is 16.2 Å². The number of non-ortho nitro benzene ring substituents is 1. The number of hydrogen-bond donors (Lipinski definition) is 2. The highest BCUT2D eigenvalue weighted by Crippen LogP contribution is 2.19. The standard InChI is InChI=1S/C18H23N7O3/c1-10(2)8-19-16-22-17(20-9-11(3)4)24-15(26)13-6-5-12(25(27)28)7-14(13)21-18(24)23-16/h5-7,10-11H,8-9H2,1-4H3,(H2,19,20,21,22,23). The van der Waals surface area contributed by atoms with Crippen molar-refractivity contribution in [2.24, 2.45) is 11.8 Å². The van der Waals surface area contributed by atoms with Crippen LogP contribution in [0, 0.1) is 22.0 Å². The molecule has 10 heteroatoms. The predicted molar refractivity (Wildman–Crippen MR) is 108 cm³/mol. The number of fused-ring (bicyclic) bond motifs is 2. The largest absolute Gasteiger partial charge is 0.355 e. The molecule has 2 aromatic heterocycles. The topological polar surface area (TPSA) is 127 Å². The molecule has 2 heterocycles. The van der Waals surface area contributed by atoms with E-state index >= 15 is 0 Å². The normalized spacial score (nSPS) is 11.5. The molecule has 0 aliphatic carbocycles. The number of nitro groups is 1. The van der Waals surface area contributed by atoms with Crippen molar-refractivity contribution in [1.82, 2.24) is 19.4 Å². The number of hydrogen-bond acceptors (Lipinski definition) is 8. The molecule has 148 valence electrons. The summed E-state index contributed by atoms with van der Waals surface area (Å²) < 4.78 is 1.30. The first-order valence-corrected chi connectivity index (χ1v) is 9.13. The number of nitro benzene ring substituents is 1. The van der Waals surface area contributed by atoms with Gasteiger partial charge in [0.25, 0.3) is 11.2 Å². The molecule has 1 aromatic carbocycles. The smallest absolute Gasteiger partial charge is 0.271 e. The lowest BCUT2D eigenvalue weighted by Gasteiger charge is -2.14. The molecule has 2 N–H and O–H groups in total. The van der Waals surface area contributed by atoms with E-state index < -0.39 is 4.92 Å². The summed E-state index contributed by atoms with van der Waals surface area (Å²) in [6, 6.07) is 3.98. The summed E-state index contributed by atoms with van der Waals surface area (Å²) in [7, 11) is 0. The van der Waals surface area contributed by atoms with Crippen LogP contribution in [0.4, 0.5) is 17.6 Å². The van der Waals surface area contributed by atoms with Crippen LogP contribution in [0.3, 0.4) is 0 Å². The first kappa shape index (κ1) is 19.5. The van der Waals surface area contributed by atoms with E-state index in [1.807, 2.05) is 13.8 Å². The van der Waals surface area contributed by atoms with Crippen LogP contribution >= 0.6 is 0 Å². The molecule has 3 aromatic rings. The van der Waals surface area contributed by atoms with Gasteiger partial charge in [0, 0.05) is 25.2 Å². The van der Waals surface area contributed by atoms with Gasteiger partial charge in [-0.1, -0.05) is 27.7 Å². The van der Waals surface area contributed by atoms with Gasteiger partial charge in [0.05, 0.1) is 15.8 Å². The highest BCUT2D eigenvalue weighted by molar-refractivity contribution is 5.81. The SMILES string of the molecule is CC(C)CNc1nc(NCC(C)C)n2c(=O)c3ccc([N+](=O)[O-])cc3nc2n1. The van der Waals surface area contributed by atoms with Crippen molar-refractivity contribution < 1.29 is 4.92 Å². The number of benzene rings is 1. The van der Waals surface area contributed by atoms with Crippen LogP contribution in [-0.2, 0) is 0 Å². The van der Waals surface area contributed by atoms with Gasteiger partial charge < -0.3 is 10.6 Å². The Morgan fingerprint density at radius 3 is 2.39 bits per heavy atom. The van der Waals surface area contributed by atoms with Crippen molar-refractivity contribution in [2.75, 3.05) is 23.7 Å². The summed E-state index contributed by atoms with van der Waals surface area (Å²) >= 11 is 0. The van der Waals surface area contributed by atoms with Crippen LogP contribution in [0.2, 0.25) is 0 Å². The highest BCUT2D eigenvalue weighted by Gasteiger charge is 2.16. The van der Waals surface area contributed by atoms with Crippen LogP contribution in [-0.4, -0.2) is 37.4 Å². The van der Waals surface area contributed by atoms with Crippen molar-refractivity contribution in [3.8, 4) is 0 Å². The molecule has 3 rings (SSSR count). The summed E-state index contributed by atoms with van der Waals surface area (Å²) in [5.74, 6) is 1.52. The van der Waals surface area contributed by atoms with E-state index in [0.717, 1.165) is 0 Å². The third-order valence-electron chi connectivity index (χ3n) is 4.01. The third-order valence-corrected chi connectivity index (χ3v) is 4.01. The maximum atomic E-state index is 13.0. The molecule has 0 saturated carbocycles. The number of nitrogens with one attached hydrogen (secondary N) is 2. The quantitative estimate of drug-likeness (QED) is 0.361. The molecule has 10 nitrogen and oxygen atoms in total. The lowest BCUT2D eigenvalue weighted by molar-refractivity contribution is -0.384. The van der Waals surface area contributed by atoms with Gasteiger partial charge in [0.2, 0.25) is 17.7 Å². The number of nitrogens with zero attached hydrogens (tertiary/aromatic N) is 5. The van der Waals surface area contributed by atoms with Crippen molar-refractivity contribution in [1.29, 1.82) is 0 Å². The fraction of sp³-hybridized carbons (Fsp3) is 0.444. The van der Waals surface area contributed by atoms with Crippen LogP contribution in [0.25, 0.3) is 16.7 Å². The second-order valence-electron chi connectivity index (χ2n) is 7.43. The van der Waals surface area contributed by atoms with E-state index in [0.29, 0.717) is 36.8 Å². The van der Waals surface area contributed by atoms with Gasteiger partial charge in [-0.05, 0) is 17.9 Å². The zero-order valence-electron chi connectivity index (χ0n) is 16.3. The zero-order valence-corrected chi connectivity index (χ0v) is 16.3. The van der Waals surface area contributed by atoms with Crippen molar-refractivity contribution >= 4 is 34.3 Å².